The van der Waals surface area contributed by atoms with E-state index in [0.29, 0.717) is 18.4 Å². The van der Waals surface area contributed by atoms with Gasteiger partial charge in [0, 0.05) is 50.9 Å². The fourth-order valence-electron chi connectivity index (χ4n) is 5.40. The zero-order valence-corrected chi connectivity index (χ0v) is 18.2. The van der Waals surface area contributed by atoms with Crippen LogP contribution in [0.5, 0.6) is 0 Å². The van der Waals surface area contributed by atoms with Crippen LogP contribution in [0.4, 0.5) is 0 Å². The molecule has 1 aromatic rings. The first-order valence-corrected chi connectivity index (χ1v) is 11.2. The smallest absolute Gasteiger partial charge is 0.257 e. The van der Waals surface area contributed by atoms with Crippen LogP contribution in [0.3, 0.4) is 0 Å². The number of likely N-dealkylation sites (N-methyl/N-ethyl adjacent to an activating group) is 1. The van der Waals surface area contributed by atoms with E-state index in [0.717, 1.165) is 82.6 Å². The molecule has 1 spiro atoms. The highest BCUT2D eigenvalue weighted by Crippen LogP contribution is 2.41. The maximum Gasteiger partial charge on any atom is 0.257 e. The van der Waals surface area contributed by atoms with Gasteiger partial charge in [-0.2, -0.15) is 5.10 Å². The molecule has 2 amide bonds. The van der Waals surface area contributed by atoms with Crippen molar-refractivity contribution in [3.8, 4) is 0 Å². The average Bonchev–Trinajstić information content (AvgIpc) is 3.30. The Morgan fingerprint density at radius 3 is 2.66 bits per heavy atom. The number of piperidine rings is 2. The highest BCUT2D eigenvalue weighted by atomic mass is 16.2. The largest absolute Gasteiger partial charge is 0.338 e. The Bertz CT molecular complexity index is 765. The third kappa shape index (κ3) is 3.93. The minimum Gasteiger partial charge on any atom is -0.338 e. The van der Waals surface area contributed by atoms with E-state index in [1.807, 2.05) is 16.5 Å². The molecule has 3 saturated heterocycles. The number of likely N-dealkylation sites (tertiary alicyclic amines) is 3. The van der Waals surface area contributed by atoms with E-state index >= 15 is 0 Å². The van der Waals surface area contributed by atoms with E-state index in [9.17, 15) is 9.59 Å². The Morgan fingerprint density at radius 2 is 2.00 bits per heavy atom. The van der Waals surface area contributed by atoms with Crippen LogP contribution in [0.2, 0.25) is 0 Å². The van der Waals surface area contributed by atoms with Crippen molar-refractivity contribution in [3.63, 3.8) is 0 Å². The summed E-state index contributed by atoms with van der Waals surface area (Å²) in [5.74, 6) is 0.439. The van der Waals surface area contributed by atoms with Crippen molar-refractivity contribution >= 4 is 11.8 Å². The van der Waals surface area contributed by atoms with Crippen LogP contribution in [0.25, 0.3) is 0 Å². The molecule has 1 aromatic heterocycles. The van der Waals surface area contributed by atoms with E-state index in [2.05, 4.69) is 28.9 Å². The molecule has 3 aliphatic heterocycles. The maximum atomic E-state index is 13.1. The van der Waals surface area contributed by atoms with E-state index in [1.54, 1.807) is 6.20 Å². The first kappa shape index (κ1) is 20.4. The second-order valence-electron chi connectivity index (χ2n) is 9.39. The van der Waals surface area contributed by atoms with Crippen LogP contribution >= 0.6 is 0 Å². The number of rotatable bonds is 4. The molecule has 3 fully saturated rings. The van der Waals surface area contributed by atoms with Crippen molar-refractivity contribution in [2.45, 2.75) is 65.0 Å². The van der Waals surface area contributed by atoms with Gasteiger partial charge in [0.15, 0.2) is 0 Å². The summed E-state index contributed by atoms with van der Waals surface area (Å²) in [7, 11) is 2.14. The van der Waals surface area contributed by atoms with Gasteiger partial charge in [0.1, 0.15) is 0 Å². The molecule has 1 atom stereocenters. The molecule has 0 bridgehead atoms. The number of carbonyl (C=O) groups is 2. The Kier molecular flexibility index (Phi) is 5.69. The second kappa shape index (κ2) is 8.09. The van der Waals surface area contributed by atoms with E-state index < -0.39 is 0 Å². The SMILES string of the molecule is CCCn1ncc(C(=O)N2CCC3(CCC(=O)N(C4CCN(C)C4)C3)CC2)c1C. The van der Waals surface area contributed by atoms with Crippen LogP contribution in [0.1, 0.15) is 61.5 Å². The third-order valence-corrected chi connectivity index (χ3v) is 7.38. The summed E-state index contributed by atoms with van der Waals surface area (Å²) < 4.78 is 1.93. The van der Waals surface area contributed by atoms with Crippen molar-refractivity contribution in [1.29, 1.82) is 0 Å². The van der Waals surface area contributed by atoms with E-state index in [1.165, 1.54) is 0 Å². The molecular formula is C22H35N5O2. The van der Waals surface area contributed by atoms with E-state index in [4.69, 9.17) is 0 Å². The van der Waals surface area contributed by atoms with Crippen molar-refractivity contribution < 1.29 is 9.59 Å². The lowest BCUT2D eigenvalue weighted by atomic mass is 9.72. The first-order chi connectivity index (χ1) is 13.9. The normalized spacial score (nSPS) is 25.2. The Balaban J connectivity index is 1.39. The Morgan fingerprint density at radius 1 is 1.24 bits per heavy atom. The van der Waals surface area contributed by atoms with Crippen molar-refractivity contribution in [2.24, 2.45) is 5.41 Å². The van der Waals surface area contributed by atoms with Crippen LogP contribution in [0, 0.1) is 12.3 Å². The lowest BCUT2D eigenvalue weighted by molar-refractivity contribution is -0.141. The molecule has 29 heavy (non-hydrogen) atoms. The van der Waals surface area contributed by atoms with Gasteiger partial charge in [0.05, 0.1) is 11.8 Å². The molecule has 0 aliphatic carbocycles. The van der Waals surface area contributed by atoms with Gasteiger partial charge < -0.3 is 14.7 Å². The van der Waals surface area contributed by atoms with Gasteiger partial charge in [0.25, 0.3) is 5.91 Å². The molecule has 4 rings (SSSR count). The summed E-state index contributed by atoms with van der Waals surface area (Å²) in [4.78, 5) is 32.2. The van der Waals surface area contributed by atoms with Crippen molar-refractivity contribution in [1.82, 2.24) is 24.5 Å². The van der Waals surface area contributed by atoms with E-state index in [-0.39, 0.29) is 11.3 Å². The Hall–Kier alpha value is -1.89. The Labute approximate surface area is 174 Å². The first-order valence-electron chi connectivity index (χ1n) is 11.2. The summed E-state index contributed by atoms with van der Waals surface area (Å²) in [5.41, 5.74) is 1.90. The van der Waals surface area contributed by atoms with Crippen LogP contribution in [-0.4, -0.2) is 82.1 Å². The van der Waals surface area contributed by atoms with Gasteiger partial charge in [-0.05, 0) is 58.0 Å². The number of amides is 2. The van der Waals surface area contributed by atoms with Crippen LogP contribution < -0.4 is 0 Å². The predicted octanol–water partition coefficient (Wildman–Crippen LogP) is 2.15. The molecular weight excluding hydrogens is 366 g/mol. The number of hydrogen-bond donors (Lipinski definition) is 0. The summed E-state index contributed by atoms with van der Waals surface area (Å²) in [6.07, 6.45) is 7.45. The van der Waals surface area contributed by atoms with Crippen molar-refractivity contribution in [2.75, 3.05) is 39.8 Å². The minimum absolute atomic E-state index is 0.112. The fourth-order valence-corrected chi connectivity index (χ4v) is 5.40. The second-order valence-corrected chi connectivity index (χ2v) is 9.39. The van der Waals surface area contributed by atoms with Gasteiger partial charge >= 0.3 is 0 Å². The molecule has 3 aliphatic rings. The van der Waals surface area contributed by atoms with Crippen LogP contribution in [0.15, 0.2) is 6.20 Å². The number of carbonyl (C=O) groups excluding carboxylic acids is 2. The molecule has 7 heteroatoms. The number of aryl methyl sites for hydroxylation is 1. The molecule has 0 aromatic carbocycles. The van der Waals surface area contributed by atoms with Crippen molar-refractivity contribution in [3.05, 3.63) is 17.5 Å². The highest BCUT2D eigenvalue weighted by molar-refractivity contribution is 5.95. The molecule has 0 radical (unpaired) electrons. The third-order valence-electron chi connectivity index (χ3n) is 7.38. The monoisotopic (exact) mass is 401 g/mol. The fraction of sp³-hybridized carbons (Fsp3) is 0.773. The lowest BCUT2D eigenvalue weighted by Crippen LogP contribution is -2.55. The predicted molar refractivity (Wildman–Crippen MR) is 112 cm³/mol. The molecule has 1 unspecified atom stereocenters. The highest BCUT2D eigenvalue weighted by Gasteiger charge is 2.44. The number of nitrogens with zero attached hydrogens (tertiary/aromatic N) is 5. The molecule has 7 nitrogen and oxygen atoms in total. The molecule has 0 N–H and O–H groups in total. The van der Waals surface area contributed by atoms with Gasteiger partial charge in [-0.3, -0.25) is 14.3 Å². The minimum atomic E-state index is 0.112. The summed E-state index contributed by atoms with van der Waals surface area (Å²) in [6.45, 7) is 9.47. The zero-order chi connectivity index (χ0) is 20.6. The number of hydrogen-bond acceptors (Lipinski definition) is 4. The summed E-state index contributed by atoms with van der Waals surface area (Å²) in [5, 5.41) is 4.39. The standard InChI is InChI=1S/C22H35N5O2/c1-4-10-27-17(2)19(14-23-27)21(29)25-12-8-22(9-13-25)7-5-20(28)26(16-22)18-6-11-24(3)15-18/h14,18H,4-13,15-16H2,1-3H3. The van der Waals surface area contributed by atoms with Gasteiger partial charge in [-0.15, -0.1) is 0 Å². The molecule has 0 saturated carbocycles. The van der Waals surface area contributed by atoms with Crippen LogP contribution in [-0.2, 0) is 11.3 Å². The number of aromatic nitrogens is 2. The zero-order valence-electron chi connectivity index (χ0n) is 18.2. The molecule has 160 valence electrons. The summed E-state index contributed by atoms with van der Waals surface area (Å²) >= 11 is 0. The van der Waals surface area contributed by atoms with Gasteiger partial charge in [-0.1, -0.05) is 6.92 Å². The quantitative estimate of drug-likeness (QED) is 0.776. The maximum absolute atomic E-state index is 13.1. The lowest BCUT2D eigenvalue weighted by Gasteiger charge is -2.49. The van der Waals surface area contributed by atoms with Gasteiger partial charge in [0.2, 0.25) is 5.91 Å². The van der Waals surface area contributed by atoms with Gasteiger partial charge in [-0.25, -0.2) is 0 Å². The topological polar surface area (TPSA) is 61.7 Å². The molecule has 4 heterocycles. The summed E-state index contributed by atoms with van der Waals surface area (Å²) in [6, 6.07) is 0.372. The average molecular weight is 402 g/mol.